The Morgan fingerprint density at radius 3 is 2.27 bits per heavy atom. The van der Waals surface area contributed by atoms with Gasteiger partial charge in [0.05, 0.1) is 10.6 Å². The molecule has 3 aromatic rings. The number of anilines is 1. The van der Waals surface area contributed by atoms with Crippen LogP contribution in [0.3, 0.4) is 0 Å². The highest BCUT2D eigenvalue weighted by atomic mass is 32.2. The molecule has 0 aliphatic heterocycles. The molecular weight excluding hydrogens is 298 g/mol. The molecule has 0 unspecified atom stereocenters. The second-order valence-electron chi connectivity index (χ2n) is 4.98. The molecule has 3 rings (SSSR count). The predicted molar refractivity (Wildman–Crippen MR) is 85.8 cm³/mol. The van der Waals surface area contributed by atoms with Crippen LogP contribution in [-0.4, -0.2) is 17.6 Å². The Labute approximate surface area is 129 Å². The van der Waals surface area contributed by atoms with Crippen molar-refractivity contribution in [3.8, 4) is 11.3 Å². The predicted octanol–water partition coefficient (Wildman–Crippen LogP) is 2.68. The van der Waals surface area contributed by atoms with E-state index in [2.05, 4.69) is 5.10 Å². The molecule has 0 saturated carbocycles. The highest BCUT2D eigenvalue weighted by Crippen LogP contribution is 2.24. The lowest BCUT2D eigenvalue weighted by atomic mass is 10.1. The molecule has 0 aliphatic carbocycles. The van der Waals surface area contributed by atoms with Crippen LogP contribution in [0.1, 0.15) is 5.56 Å². The van der Waals surface area contributed by atoms with Crippen molar-refractivity contribution in [2.75, 3.05) is 5.73 Å². The molecule has 0 bridgehead atoms. The molecule has 112 valence electrons. The van der Waals surface area contributed by atoms with Crippen molar-refractivity contribution >= 4 is 15.8 Å². The molecular formula is C16H15N3O2S. The minimum absolute atomic E-state index is 0.0828. The Morgan fingerprint density at radius 2 is 1.64 bits per heavy atom. The summed E-state index contributed by atoms with van der Waals surface area (Å²) in [5, 5.41) is 4.16. The Bertz CT molecular complexity index is 898. The van der Waals surface area contributed by atoms with Gasteiger partial charge in [-0.3, -0.25) is 0 Å². The van der Waals surface area contributed by atoms with Crippen molar-refractivity contribution in [1.82, 2.24) is 9.19 Å². The second kappa shape index (κ2) is 5.31. The van der Waals surface area contributed by atoms with Gasteiger partial charge in [0.2, 0.25) is 0 Å². The summed E-state index contributed by atoms with van der Waals surface area (Å²) in [4.78, 5) is 0.153. The van der Waals surface area contributed by atoms with E-state index in [0.717, 1.165) is 15.2 Å². The van der Waals surface area contributed by atoms with Gasteiger partial charge in [-0.2, -0.15) is 13.5 Å². The van der Waals surface area contributed by atoms with E-state index in [1.54, 1.807) is 24.3 Å². The monoisotopic (exact) mass is 313 g/mol. The molecule has 22 heavy (non-hydrogen) atoms. The van der Waals surface area contributed by atoms with Crippen molar-refractivity contribution in [3.05, 3.63) is 66.2 Å². The van der Waals surface area contributed by atoms with Gasteiger partial charge in [-0.15, -0.1) is 4.09 Å². The van der Waals surface area contributed by atoms with Gasteiger partial charge in [-0.25, -0.2) is 0 Å². The summed E-state index contributed by atoms with van der Waals surface area (Å²) in [5.41, 5.74) is 8.32. The summed E-state index contributed by atoms with van der Waals surface area (Å²) in [6.45, 7) is 1.98. The first-order valence-electron chi connectivity index (χ1n) is 6.72. The SMILES string of the molecule is Cc1ccc(-c2cc(N)n(S(=O)(=O)c3ccccc3)n2)cc1. The number of nitrogens with two attached hydrogens (primary N) is 1. The maximum absolute atomic E-state index is 12.6. The van der Waals surface area contributed by atoms with E-state index in [1.807, 2.05) is 31.2 Å². The fraction of sp³-hybridized carbons (Fsp3) is 0.0625. The summed E-state index contributed by atoms with van der Waals surface area (Å²) in [5.74, 6) is 0.0828. The van der Waals surface area contributed by atoms with Crippen molar-refractivity contribution in [1.29, 1.82) is 0 Å². The van der Waals surface area contributed by atoms with Crippen LogP contribution in [-0.2, 0) is 10.0 Å². The first kappa shape index (κ1) is 14.3. The molecule has 0 fully saturated rings. The van der Waals surface area contributed by atoms with E-state index in [-0.39, 0.29) is 10.7 Å². The number of aromatic nitrogens is 2. The number of hydrogen-bond acceptors (Lipinski definition) is 4. The average molecular weight is 313 g/mol. The molecule has 2 N–H and O–H groups in total. The van der Waals surface area contributed by atoms with Gasteiger partial charge in [0, 0.05) is 11.6 Å². The molecule has 1 heterocycles. The van der Waals surface area contributed by atoms with Crippen molar-refractivity contribution in [2.45, 2.75) is 11.8 Å². The molecule has 2 aromatic carbocycles. The van der Waals surface area contributed by atoms with E-state index >= 15 is 0 Å². The number of nitrogens with zero attached hydrogens (tertiary/aromatic N) is 2. The van der Waals surface area contributed by atoms with Crippen molar-refractivity contribution in [3.63, 3.8) is 0 Å². The van der Waals surface area contributed by atoms with E-state index in [9.17, 15) is 8.42 Å². The Hall–Kier alpha value is -2.60. The van der Waals surface area contributed by atoms with Crippen LogP contribution >= 0.6 is 0 Å². The van der Waals surface area contributed by atoms with Gasteiger partial charge in [0.15, 0.2) is 0 Å². The lowest BCUT2D eigenvalue weighted by Gasteiger charge is -2.05. The third-order valence-corrected chi connectivity index (χ3v) is 4.94. The number of benzene rings is 2. The number of rotatable bonds is 3. The summed E-state index contributed by atoms with van der Waals surface area (Å²) < 4.78 is 26.0. The molecule has 0 saturated heterocycles. The van der Waals surface area contributed by atoms with Crippen LogP contribution in [0.5, 0.6) is 0 Å². The summed E-state index contributed by atoms with van der Waals surface area (Å²) >= 11 is 0. The third-order valence-electron chi connectivity index (χ3n) is 3.32. The standard InChI is InChI=1S/C16H15N3O2S/c1-12-7-9-13(10-8-12)15-11-16(17)19(18-15)22(20,21)14-5-3-2-4-6-14/h2-11H,17H2,1H3. The molecule has 5 nitrogen and oxygen atoms in total. The van der Waals surface area contributed by atoms with Crippen LogP contribution in [0.2, 0.25) is 0 Å². The third kappa shape index (κ3) is 2.48. The number of nitrogen functional groups attached to an aromatic ring is 1. The summed E-state index contributed by atoms with van der Waals surface area (Å²) in [7, 11) is -3.78. The van der Waals surface area contributed by atoms with E-state index in [1.165, 1.54) is 12.1 Å². The Kier molecular flexibility index (Phi) is 3.46. The maximum atomic E-state index is 12.6. The van der Waals surface area contributed by atoms with Crippen LogP contribution in [0.15, 0.2) is 65.6 Å². The molecule has 0 atom stereocenters. The average Bonchev–Trinajstić information content (AvgIpc) is 2.91. The van der Waals surface area contributed by atoms with Crippen LogP contribution in [0.25, 0.3) is 11.3 Å². The van der Waals surface area contributed by atoms with Crippen LogP contribution in [0, 0.1) is 6.92 Å². The Balaban J connectivity index is 2.08. The minimum atomic E-state index is -3.78. The van der Waals surface area contributed by atoms with Crippen LogP contribution < -0.4 is 5.73 Å². The second-order valence-corrected chi connectivity index (χ2v) is 6.75. The van der Waals surface area contributed by atoms with Crippen LogP contribution in [0.4, 0.5) is 5.82 Å². The number of aryl methyl sites for hydroxylation is 1. The fourth-order valence-corrected chi connectivity index (χ4v) is 3.36. The van der Waals surface area contributed by atoms with Gasteiger partial charge in [0.25, 0.3) is 10.0 Å². The van der Waals surface area contributed by atoms with Crippen molar-refractivity contribution < 1.29 is 8.42 Å². The zero-order valence-corrected chi connectivity index (χ0v) is 12.8. The molecule has 0 radical (unpaired) electrons. The topological polar surface area (TPSA) is 78.0 Å². The van der Waals surface area contributed by atoms with E-state index < -0.39 is 10.0 Å². The van der Waals surface area contributed by atoms with Crippen molar-refractivity contribution in [2.24, 2.45) is 0 Å². The molecule has 1 aromatic heterocycles. The first-order chi connectivity index (χ1) is 10.5. The molecule has 0 aliphatic rings. The fourth-order valence-electron chi connectivity index (χ4n) is 2.13. The molecule has 0 spiro atoms. The van der Waals surface area contributed by atoms with E-state index in [0.29, 0.717) is 5.69 Å². The first-order valence-corrected chi connectivity index (χ1v) is 8.16. The summed E-state index contributed by atoms with van der Waals surface area (Å²) in [6.07, 6.45) is 0. The lowest BCUT2D eigenvalue weighted by molar-refractivity contribution is 0.581. The highest BCUT2D eigenvalue weighted by molar-refractivity contribution is 7.90. The van der Waals surface area contributed by atoms with Gasteiger partial charge < -0.3 is 5.73 Å². The molecule has 0 amide bonds. The van der Waals surface area contributed by atoms with Gasteiger partial charge in [-0.05, 0) is 19.1 Å². The minimum Gasteiger partial charge on any atom is -0.383 e. The highest BCUT2D eigenvalue weighted by Gasteiger charge is 2.21. The summed E-state index contributed by atoms with van der Waals surface area (Å²) in [6, 6.07) is 17.3. The zero-order valence-electron chi connectivity index (χ0n) is 12.0. The number of hydrogen-bond donors (Lipinski definition) is 1. The maximum Gasteiger partial charge on any atom is 0.284 e. The normalized spacial score (nSPS) is 11.5. The molecule has 6 heteroatoms. The lowest BCUT2D eigenvalue weighted by Crippen LogP contribution is -2.16. The zero-order chi connectivity index (χ0) is 15.7. The van der Waals surface area contributed by atoms with Gasteiger partial charge in [0.1, 0.15) is 5.82 Å². The van der Waals surface area contributed by atoms with E-state index in [4.69, 9.17) is 5.73 Å². The van der Waals surface area contributed by atoms with Gasteiger partial charge in [-0.1, -0.05) is 48.0 Å². The quantitative estimate of drug-likeness (QED) is 0.806. The Morgan fingerprint density at radius 1 is 1.00 bits per heavy atom. The van der Waals surface area contributed by atoms with Gasteiger partial charge >= 0.3 is 0 Å². The largest absolute Gasteiger partial charge is 0.383 e. The smallest absolute Gasteiger partial charge is 0.284 e.